The minimum Gasteiger partial charge on any atom is -0.444 e. The molecule has 2 N–H and O–H groups in total. The molecular weight excluding hydrogens is 392 g/mol. The fraction of sp³-hybridized carbons (Fsp3) is 0.292. The van der Waals surface area contributed by atoms with E-state index in [0.717, 1.165) is 22.4 Å². The molecule has 1 aliphatic heterocycles. The number of nitrogens with zero attached hydrogens (tertiary/aromatic N) is 2. The average Bonchev–Trinajstić information content (AvgIpc) is 3.15. The van der Waals surface area contributed by atoms with Crippen molar-refractivity contribution in [3.8, 4) is 11.1 Å². The molecule has 7 heteroatoms. The molecule has 4 rings (SSSR count). The van der Waals surface area contributed by atoms with E-state index in [0.29, 0.717) is 30.9 Å². The van der Waals surface area contributed by atoms with Crippen LogP contribution in [0.2, 0.25) is 0 Å². The highest BCUT2D eigenvalue weighted by Gasteiger charge is 2.28. The zero-order valence-corrected chi connectivity index (χ0v) is 17.9. The van der Waals surface area contributed by atoms with Crippen molar-refractivity contribution in [3.63, 3.8) is 0 Å². The van der Waals surface area contributed by atoms with Crippen LogP contribution in [0.5, 0.6) is 0 Å². The average molecular weight is 418 g/mol. The largest absolute Gasteiger partial charge is 0.444 e. The number of aromatic nitrogens is 2. The first-order valence-corrected chi connectivity index (χ1v) is 10.3. The molecular formula is C24H26N4O3. The number of anilines is 1. The third-order valence-electron chi connectivity index (χ3n) is 5.07. The fourth-order valence-corrected chi connectivity index (χ4v) is 3.53. The highest BCUT2D eigenvalue weighted by atomic mass is 16.6. The number of H-pyrrole nitrogens is 1. The molecule has 0 spiro atoms. The standard InChI is InChI=1S/C24H26N4O3/c1-24(2,3)31-23(30)28-14-13-19-20(15-28)26-27-21(19)25-22(29)18-11-9-17(10-12-18)16-7-5-4-6-8-16/h4-12H,13-15H2,1-3H3,(H2,25,26,27,29). The summed E-state index contributed by atoms with van der Waals surface area (Å²) in [5.74, 6) is 0.291. The maximum atomic E-state index is 12.7. The van der Waals surface area contributed by atoms with Crippen LogP contribution >= 0.6 is 0 Å². The Labute approximate surface area is 181 Å². The number of ether oxygens (including phenoxy) is 1. The lowest BCUT2D eigenvalue weighted by Crippen LogP contribution is -2.39. The predicted octanol–water partition coefficient (Wildman–Crippen LogP) is 4.62. The molecule has 2 heterocycles. The number of amides is 2. The zero-order chi connectivity index (χ0) is 22.0. The van der Waals surface area contributed by atoms with Crippen LogP contribution in [0.25, 0.3) is 11.1 Å². The molecule has 0 atom stereocenters. The third-order valence-corrected chi connectivity index (χ3v) is 5.07. The summed E-state index contributed by atoms with van der Waals surface area (Å²) in [7, 11) is 0. The van der Waals surface area contributed by atoms with Gasteiger partial charge in [0, 0.05) is 17.7 Å². The molecule has 0 saturated heterocycles. The van der Waals surface area contributed by atoms with Gasteiger partial charge in [0.2, 0.25) is 0 Å². The fourth-order valence-electron chi connectivity index (χ4n) is 3.53. The molecule has 31 heavy (non-hydrogen) atoms. The smallest absolute Gasteiger partial charge is 0.410 e. The Kier molecular flexibility index (Phi) is 5.50. The van der Waals surface area contributed by atoms with Crippen LogP contribution < -0.4 is 5.32 Å². The van der Waals surface area contributed by atoms with Crippen molar-refractivity contribution in [3.05, 3.63) is 71.4 Å². The first-order chi connectivity index (χ1) is 14.8. The van der Waals surface area contributed by atoms with Gasteiger partial charge in [-0.1, -0.05) is 42.5 Å². The van der Waals surface area contributed by atoms with E-state index in [4.69, 9.17) is 4.74 Å². The van der Waals surface area contributed by atoms with Crippen molar-refractivity contribution in [2.24, 2.45) is 0 Å². The Hall–Kier alpha value is -3.61. The van der Waals surface area contributed by atoms with E-state index in [9.17, 15) is 9.59 Å². The van der Waals surface area contributed by atoms with E-state index in [1.54, 1.807) is 17.0 Å². The summed E-state index contributed by atoms with van der Waals surface area (Å²) < 4.78 is 5.45. The van der Waals surface area contributed by atoms with Gasteiger partial charge in [0.05, 0.1) is 12.2 Å². The van der Waals surface area contributed by atoms with E-state index in [1.165, 1.54) is 0 Å². The number of carbonyl (C=O) groups excluding carboxylic acids is 2. The number of nitrogens with one attached hydrogen (secondary N) is 2. The van der Waals surface area contributed by atoms with Gasteiger partial charge in [-0.3, -0.25) is 9.89 Å². The quantitative estimate of drug-likeness (QED) is 0.650. The first-order valence-electron chi connectivity index (χ1n) is 10.3. The lowest BCUT2D eigenvalue weighted by atomic mass is 10.0. The van der Waals surface area contributed by atoms with Crippen LogP contribution in [0, 0.1) is 0 Å². The first kappa shape index (κ1) is 20.7. The summed E-state index contributed by atoms with van der Waals surface area (Å²) >= 11 is 0. The van der Waals surface area contributed by atoms with Gasteiger partial charge in [0.15, 0.2) is 5.82 Å². The summed E-state index contributed by atoms with van der Waals surface area (Å²) in [5.41, 5.74) is 3.91. The van der Waals surface area contributed by atoms with E-state index in [1.807, 2.05) is 63.2 Å². The minimum absolute atomic E-state index is 0.219. The van der Waals surface area contributed by atoms with Crippen molar-refractivity contribution in [2.45, 2.75) is 39.3 Å². The molecule has 2 aromatic carbocycles. The van der Waals surface area contributed by atoms with Crippen molar-refractivity contribution in [1.29, 1.82) is 0 Å². The van der Waals surface area contributed by atoms with Gasteiger partial charge in [0.25, 0.3) is 5.91 Å². The maximum Gasteiger partial charge on any atom is 0.410 e. The molecule has 0 bridgehead atoms. The Bertz CT molecular complexity index is 1080. The van der Waals surface area contributed by atoms with Crippen molar-refractivity contribution in [1.82, 2.24) is 15.1 Å². The molecule has 1 aliphatic rings. The van der Waals surface area contributed by atoms with E-state index in [-0.39, 0.29) is 12.0 Å². The number of fused-ring (bicyclic) bond motifs is 1. The summed E-state index contributed by atoms with van der Waals surface area (Å²) in [6, 6.07) is 17.5. The van der Waals surface area contributed by atoms with Gasteiger partial charge < -0.3 is 15.0 Å². The SMILES string of the molecule is CC(C)(C)OC(=O)N1CCc2c(NC(=O)c3ccc(-c4ccccc4)cc3)n[nH]c2C1. The lowest BCUT2D eigenvalue weighted by molar-refractivity contribution is 0.0221. The Morgan fingerprint density at radius 2 is 1.71 bits per heavy atom. The Morgan fingerprint density at radius 3 is 2.39 bits per heavy atom. The predicted molar refractivity (Wildman–Crippen MR) is 119 cm³/mol. The number of benzene rings is 2. The van der Waals surface area contributed by atoms with Crippen LogP contribution in [0.15, 0.2) is 54.6 Å². The highest BCUT2D eigenvalue weighted by Crippen LogP contribution is 2.26. The number of aromatic amines is 1. The second-order valence-corrected chi connectivity index (χ2v) is 8.58. The van der Waals surface area contributed by atoms with Crippen LogP contribution in [-0.4, -0.2) is 39.2 Å². The molecule has 1 aromatic heterocycles. The number of rotatable bonds is 3. The Balaban J connectivity index is 1.42. The lowest BCUT2D eigenvalue weighted by Gasteiger charge is -2.29. The van der Waals surface area contributed by atoms with Crippen LogP contribution in [-0.2, 0) is 17.7 Å². The van der Waals surface area contributed by atoms with Gasteiger partial charge >= 0.3 is 6.09 Å². The van der Waals surface area contributed by atoms with Crippen LogP contribution in [0.4, 0.5) is 10.6 Å². The molecule has 0 aliphatic carbocycles. The summed E-state index contributed by atoms with van der Waals surface area (Å²) in [5, 5.41) is 10.1. The second kappa shape index (κ2) is 8.26. The van der Waals surface area contributed by atoms with Crippen molar-refractivity contribution >= 4 is 17.8 Å². The molecule has 2 amide bonds. The number of carbonyl (C=O) groups is 2. The maximum absolute atomic E-state index is 12.7. The summed E-state index contributed by atoms with van der Waals surface area (Å²) in [4.78, 5) is 26.7. The molecule has 0 unspecified atom stereocenters. The zero-order valence-electron chi connectivity index (χ0n) is 17.9. The monoisotopic (exact) mass is 418 g/mol. The van der Waals surface area contributed by atoms with E-state index in [2.05, 4.69) is 15.5 Å². The second-order valence-electron chi connectivity index (χ2n) is 8.58. The highest BCUT2D eigenvalue weighted by molar-refractivity contribution is 6.04. The van der Waals surface area contributed by atoms with Gasteiger partial charge in [-0.2, -0.15) is 5.10 Å². The molecule has 3 aromatic rings. The molecule has 160 valence electrons. The van der Waals surface area contributed by atoms with Gasteiger partial charge in [-0.15, -0.1) is 0 Å². The van der Waals surface area contributed by atoms with Gasteiger partial charge in [0.1, 0.15) is 5.60 Å². The third kappa shape index (κ3) is 4.77. The minimum atomic E-state index is -0.541. The number of hydrogen-bond acceptors (Lipinski definition) is 4. The van der Waals surface area contributed by atoms with E-state index >= 15 is 0 Å². The van der Waals surface area contributed by atoms with Crippen LogP contribution in [0.3, 0.4) is 0 Å². The van der Waals surface area contributed by atoms with E-state index < -0.39 is 5.60 Å². The molecule has 0 fully saturated rings. The Morgan fingerprint density at radius 1 is 1.03 bits per heavy atom. The van der Waals surface area contributed by atoms with Gasteiger partial charge in [-0.05, 0) is 50.5 Å². The topological polar surface area (TPSA) is 87.3 Å². The normalized spacial score (nSPS) is 13.5. The number of hydrogen-bond donors (Lipinski definition) is 2. The van der Waals surface area contributed by atoms with Crippen LogP contribution in [0.1, 0.15) is 42.4 Å². The van der Waals surface area contributed by atoms with Crippen molar-refractivity contribution < 1.29 is 14.3 Å². The molecule has 7 nitrogen and oxygen atoms in total. The molecule has 0 radical (unpaired) electrons. The van der Waals surface area contributed by atoms with Gasteiger partial charge in [-0.25, -0.2) is 4.79 Å². The molecule has 0 saturated carbocycles. The summed E-state index contributed by atoms with van der Waals surface area (Å²) in [6.45, 7) is 6.42. The summed E-state index contributed by atoms with van der Waals surface area (Å²) in [6.07, 6.45) is 0.241. The van der Waals surface area contributed by atoms with Crippen molar-refractivity contribution in [2.75, 3.05) is 11.9 Å².